The number of hydrogen-bond acceptors (Lipinski definition) is 4. The summed E-state index contributed by atoms with van der Waals surface area (Å²) in [6.45, 7) is 5.71. The Morgan fingerprint density at radius 3 is 2.55 bits per heavy atom. The summed E-state index contributed by atoms with van der Waals surface area (Å²) in [7, 11) is 1.90. The van der Waals surface area contributed by atoms with Crippen LogP contribution in [-0.4, -0.2) is 49.5 Å². The van der Waals surface area contributed by atoms with Crippen LogP contribution in [-0.2, 0) is 7.05 Å². The number of pyridine rings is 1. The first-order valence-corrected chi connectivity index (χ1v) is 10.4. The van der Waals surface area contributed by atoms with Crippen molar-refractivity contribution >= 4 is 33.8 Å². The number of halogens is 1. The summed E-state index contributed by atoms with van der Waals surface area (Å²) in [6, 6.07) is 8.53. The molecule has 1 N–H and O–H groups in total. The quantitative estimate of drug-likeness (QED) is 0.637. The Kier molecular flexibility index (Phi) is 5.36. The van der Waals surface area contributed by atoms with Gasteiger partial charge in [-0.05, 0) is 36.9 Å². The molecule has 0 unspecified atom stereocenters. The number of aryl methyl sites for hydroxylation is 1. The number of hydrogen-bond donors (Lipinski definition) is 1. The predicted molar refractivity (Wildman–Crippen MR) is 120 cm³/mol. The van der Waals surface area contributed by atoms with Crippen molar-refractivity contribution in [3.05, 3.63) is 42.9 Å². The zero-order valence-electron chi connectivity index (χ0n) is 17.0. The first-order valence-electron chi connectivity index (χ1n) is 9.97. The fraction of sp³-hybridized carbons (Fsp3) is 0.409. The molecule has 1 aliphatic rings. The molecule has 1 saturated heterocycles. The van der Waals surface area contributed by atoms with Crippen LogP contribution >= 0.6 is 12.2 Å². The molecule has 7 heteroatoms. The summed E-state index contributed by atoms with van der Waals surface area (Å²) >= 11 is 5.45. The third-order valence-electron chi connectivity index (χ3n) is 5.73. The van der Waals surface area contributed by atoms with Crippen LogP contribution < -0.4 is 5.32 Å². The highest BCUT2D eigenvalue weighted by molar-refractivity contribution is 7.80. The van der Waals surface area contributed by atoms with Crippen molar-refractivity contribution in [3.63, 3.8) is 0 Å². The second-order valence-corrected chi connectivity index (χ2v) is 8.49. The molecular formula is C22H26FN5S. The number of benzene rings is 1. The molecule has 0 aliphatic carbocycles. The van der Waals surface area contributed by atoms with E-state index < -0.39 is 5.67 Å². The van der Waals surface area contributed by atoms with Gasteiger partial charge in [0.2, 0.25) is 0 Å². The van der Waals surface area contributed by atoms with E-state index >= 15 is 4.39 Å². The van der Waals surface area contributed by atoms with E-state index in [-0.39, 0.29) is 4.99 Å². The topological polar surface area (TPSA) is 46.0 Å². The molecule has 152 valence electrons. The molecule has 1 aromatic carbocycles. The van der Waals surface area contributed by atoms with Gasteiger partial charge < -0.3 is 10.2 Å². The fourth-order valence-corrected chi connectivity index (χ4v) is 4.12. The second kappa shape index (κ2) is 7.80. The molecule has 3 aromatic rings. The third-order valence-corrected chi connectivity index (χ3v) is 6.20. The van der Waals surface area contributed by atoms with Crippen LogP contribution in [0.3, 0.4) is 0 Å². The highest BCUT2D eigenvalue weighted by Crippen LogP contribution is 2.31. The van der Waals surface area contributed by atoms with Crippen LogP contribution in [0.25, 0.3) is 21.9 Å². The lowest BCUT2D eigenvalue weighted by Gasteiger charge is -2.38. The summed E-state index contributed by atoms with van der Waals surface area (Å²) in [6.07, 6.45) is 6.44. The zero-order valence-corrected chi connectivity index (χ0v) is 17.8. The summed E-state index contributed by atoms with van der Waals surface area (Å²) in [5, 5.41) is 9.34. The van der Waals surface area contributed by atoms with Gasteiger partial charge in [-0.1, -0.05) is 24.4 Å². The monoisotopic (exact) mass is 411 g/mol. The molecule has 0 atom stereocenters. The molecule has 0 radical (unpaired) electrons. The highest BCUT2D eigenvalue weighted by Gasteiger charge is 2.39. The number of nitrogens with one attached hydrogen (secondary N) is 1. The minimum atomic E-state index is -1.48. The molecule has 0 spiro atoms. The van der Waals surface area contributed by atoms with Crippen LogP contribution in [0.5, 0.6) is 0 Å². The summed E-state index contributed by atoms with van der Waals surface area (Å²) in [5.74, 6) is 0.578. The Hall–Kier alpha value is -2.38. The molecule has 1 aliphatic heterocycles. The molecule has 0 saturated carbocycles. The highest BCUT2D eigenvalue weighted by atomic mass is 32.1. The van der Waals surface area contributed by atoms with E-state index in [2.05, 4.69) is 46.3 Å². The van der Waals surface area contributed by atoms with Crippen LogP contribution in [0.2, 0.25) is 0 Å². The minimum Gasteiger partial charge on any atom is -0.332 e. The Bertz CT molecular complexity index is 1040. The van der Waals surface area contributed by atoms with E-state index in [1.54, 1.807) is 10.9 Å². The van der Waals surface area contributed by atoms with Crippen LogP contribution in [0.1, 0.15) is 26.7 Å². The smallest absolute Gasteiger partial charge is 0.163 e. The minimum absolute atomic E-state index is 0.233. The lowest BCUT2D eigenvalue weighted by molar-refractivity contribution is 0.0933. The van der Waals surface area contributed by atoms with Gasteiger partial charge in [0.1, 0.15) is 10.8 Å². The molecule has 29 heavy (non-hydrogen) atoms. The van der Waals surface area contributed by atoms with E-state index in [0.717, 1.165) is 35.0 Å². The largest absolute Gasteiger partial charge is 0.332 e. The van der Waals surface area contributed by atoms with E-state index in [1.807, 2.05) is 31.6 Å². The van der Waals surface area contributed by atoms with E-state index in [9.17, 15) is 0 Å². The van der Waals surface area contributed by atoms with Gasteiger partial charge in [0.15, 0.2) is 5.67 Å². The van der Waals surface area contributed by atoms with Gasteiger partial charge in [0.25, 0.3) is 0 Å². The predicted octanol–water partition coefficient (Wildman–Crippen LogP) is 4.59. The molecular weight excluding hydrogens is 385 g/mol. The van der Waals surface area contributed by atoms with Crippen LogP contribution in [0, 0.1) is 0 Å². The van der Waals surface area contributed by atoms with E-state index in [4.69, 9.17) is 12.2 Å². The number of rotatable bonds is 4. The lowest BCUT2D eigenvalue weighted by atomic mass is 9.92. The van der Waals surface area contributed by atoms with Gasteiger partial charge in [-0.25, -0.2) is 9.37 Å². The van der Waals surface area contributed by atoms with Gasteiger partial charge in [0, 0.05) is 62.4 Å². The molecule has 5 nitrogen and oxygen atoms in total. The van der Waals surface area contributed by atoms with Gasteiger partial charge >= 0.3 is 0 Å². The van der Waals surface area contributed by atoms with Gasteiger partial charge in [-0.3, -0.25) is 4.68 Å². The van der Waals surface area contributed by atoms with Crippen LogP contribution in [0.4, 0.5) is 10.2 Å². The van der Waals surface area contributed by atoms with Crippen molar-refractivity contribution in [2.45, 2.75) is 38.4 Å². The second-order valence-electron chi connectivity index (χ2n) is 8.08. The maximum absolute atomic E-state index is 15.4. The van der Waals surface area contributed by atoms with Gasteiger partial charge in [-0.2, -0.15) is 5.10 Å². The molecule has 0 bridgehead atoms. The number of thiocarbonyl (C=S) groups is 1. The number of piperidine rings is 1. The van der Waals surface area contributed by atoms with Crippen molar-refractivity contribution in [1.29, 1.82) is 0 Å². The SMILES string of the molecule is CC(C)N1CCC(F)(C(=S)Nc2cc3cc(-c4cnn(C)c4)ccc3cn2)CC1. The maximum Gasteiger partial charge on any atom is 0.163 e. The molecule has 0 amide bonds. The van der Waals surface area contributed by atoms with Gasteiger partial charge in [-0.15, -0.1) is 0 Å². The zero-order chi connectivity index (χ0) is 20.6. The maximum atomic E-state index is 15.4. The number of nitrogens with zero attached hydrogens (tertiary/aromatic N) is 4. The normalized spacial score (nSPS) is 17.0. The van der Waals surface area contributed by atoms with Gasteiger partial charge in [0.05, 0.1) is 6.20 Å². The number of aromatic nitrogens is 3. The first kappa shape index (κ1) is 19.9. The summed E-state index contributed by atoms with van der Waals surface area (Å²) in [5.41, 5.74) is 0.652. The Morgan fingerprint density at radius 1 is 1.14 bits per heavy atom. The average molecular weight is 412 g/mol. The number of alkyl halides is 1. The number of anilines is 1. The number of fused-ring (bicyclic) bond motifs is 1. The van der Waals surface area contributed by atoms with Crippen molar-refractivity contribution in [1.82, 2.24) is 19.7 Å². The fourth-order valence-electron chi connectivity index (χ4n) is 3.81. The standard InChI is InChI=1S/C22H26FN5S/c1-15(2)28-8-6-22(23,7-9-28)21(29)26-20-11-18-10-16(4-5-17(18)12-24-20)19-13-25-27(3)14-19/h4-5,10-15H,6-9H2,1-3H3,(H,24,26,29). The third kappa shape index (κ3) is 4.16. The lowest BCUT2D eigenvalue weighted by Crippen LogP contribution is -2.49. The summed E-state index contributed by atoms with van der Waals surface area (Å²) in [4.78, 5) is 6.95. The van der Waals surface area contributed by atoms with Crippen molar-refractivity contribution in [2.24, 2.45) is 7.05 Å². The average Bonchev–Trinajstić information content (AvgIpc) is 3.14. The van der Waals surface area contributed by atoms with Crippen molar-refractivity contribution < 1.29 is 4.39 Å². The molecule has 1 fully saturated rings. The van der Waals surface area contributed by atoms with E-state index in [1.165, 1.54) is 0 Å². The van der Waals surface area contributed by atoms with Crippen molar-refractivity contribution in [3.8, 4) is 11.1 Å². The van der Waals surface area contributed by atoms with Crippen molar-refractivity contribution in [2.75, 3.05) is 18.4 Å². The Morgan fingerprint density at radius 2 is 1.90 bits per heavy atom. The first-order chi connectivity index (χ1) is 13.8. The summed E-state index contributed by atoms with van der Waals surface area (Å²) < 4.78 is 17.2. The molecule has 4 rings (SSSR count). The molecule has 3 heterocycles. The van der Waals surface area contributed by atoms with E-state index in [0.29, 0.717) is 24.7 Å². The Labute approximate surface area is 175 Å². The van der Waals surface area contributed by atoms with Crippen LogP contribution in [0.15, 0.2) is 42.9 Å². The number of likely N-dealkylation sites (tertiary alicyclic amines) is 1. The molecule has 2 aromatic heterocycles. The Balaban J connectivity index is 1.52.